The molecule has 1 amide bonds. The zero-order chi connectivity index (χ0) is 40.7. The van der Waals surface area contributed by atoms with Gasteiger partial charge in [-0.3, -0.25) is 9.59 Å². The number of nitrogens with one attached hydrogen (secondary N) is 1. The standard InChI is InChI=1S/C45H63NO8Si/c1-26-23-32-43(9,25-52-32)37-28(3)45(51)24-31(27(2)33(42(45,7)8)35(47)38(48)44(26,37)10)53-40(50)36(54-55(11,12)41(4,5)6)34(29-19-15-13-16-20-29)46-39(49)30-21-17-14-18-22-30/h13-22,26,28,31-32,34-37,47,51H,23-25H2,1-12H3,(H,46,49)/t26-,28-,31-,32+,34-,35+,36+,37+,43+,44+,45+/m0/s1. The molecule has 0 unspecified atom stereocenters. The van der Waals surface area contributed by atoms with Crippen LogP contribution >= 0.6 is 0 Å². The Morgan fingerprint density at radius 1 is 0.982 bits per heavy atom. The van der Waals surface area contributed by atoms with E-state index in [4.69, 9.17) is 13.9 Å². The van der Waals surface area contributed by atoms with Gasteiger partial charge in [0, 0.05) is 28.2 Å². The first-order valence-corrected chi connectivity index (χ1v) is 22.9. The highest BCUT2D eigenvalue weighted by Gasteiger charge is 2.72. The van der Waals surface area contributed by atoms with E-state index < -0.39 is 61.0 Å². The highest BCUT2D eigenvalue weighted by Crippen LogP contribution is 2.68. The van der Waals surface area contributed by atoms with Gasteiger partial charge in [0.05, 0.1) is 24.4 Å². The minimum Gasteiger partial charge on any atom is -0.456 e. The predicted molar refractivity (Wildman–Crippen MR) is 214 cm³/mol. The van der Waals surface area contributed by atoms with E-state index in [1.54, 1.807) is 31.2 Å². The Balaban J connectivity index is 1.45. The summed E-state index contributed by atoms with van der Waals surface area (Å²) in [7, 11) is -2.71. The number of hydrogen-bond acceptors (Lipinski definition) is 8. The lowest BCUT2D eigenvalue weighted by molar-refractivity contribution is -0.293. The van der Waals surface area contributed by atoms with Gasteiger partial charge in [0.15, 0.2) is 20.2 Å². The number of hydrogen-bond donors (Lipinski definition) is 3. The molecule has 3 N–H and O–H groups in total. The van der Waals surface area contributed by atoms with Crippen molar-refractivity contribution in [3.8, 4) is 0 Å². The lowest BCUT2D eigenvalue weighted by Gasteiger charge is -2.69. The lowest BCUT2D eigenvalue weighted by atomic mass is 9.39. The van der Waals surface area contributed by atoms with Crippen LogP contribution < -0.4 is 5.32 Å². The number of ketones is 1. The Kier molecular flexibility index (Phi) is 10.6. The summed E-state index contributed by atoms with van der Waals surface area (Å²) in [6, 6.07) is 17.2. The molecule has 2 aromatic carbocycles. The van der Waals surface area contributed by atoms with Crippen LogP contribution in [0.15, 0.2) is 71.8 Å². The molecule has 300 valence electrons. The van der Waals surface area contributed by atoms with E-state index in [0.29, 0.717) is 35.3 Å². The Bertz CT molecular complexity index is 1840. The fourth-order valence-electron chi connectivity index (χ4n) is 10.6. The maximum atomic E-state index is 15.0. The van der Waals surface area contributed by atoms with Crippen LogP contribution in [0.4, 0.5) is 0 Å². The average molecular weight is 774 g/mol. The molecule has 4 aliphatic rings. The molecule has 1 aliphatic heterocycles. The van der Waals surface area contributed by atoms with Gasteiger partial charge in [0.25, 0.3) is 5.91 Å². The first kappa shape index (κ1) is 41.5. The number of ether oxygens (including phenoxy) is 2. The highest BCUT2D eigenvalue weighted by molar-refractivity contribution is 6.74. The lowest BCUT2D eigenvalue weighted by Crippen LogP contribution is -2.73. The molecule has 1 heterocycles. The summed E-state index contributed by atoms with van der Waals surface area (Å²) < 4.78 is 19.6. The van der Waals surface area contributed by atoms with Crippen LogP contribution in [0, 0.1) is 34.0 Å². The van der Waals surface area contributed by atoms with Gasteiger partial charge in [0.1, 0.15) is 12.2 Å². The number of aliphatic hydroxyl groups is 2. The van der Waals surface area contributed by atoms with E-state index in [0.717, 1.165) is 0 Å². The van der Waals surface area contributed by atoms with E-state index in [1.807, 2.05) is 64.1 Å². The van der Waals surface area contributed by atoms with E-state index in [-0.39, 0.29) is 46.5 Å². The number of amides is 1. The molecule has 11 atom stereocenters. The molecule has 2 saturated carbocycles. The summed E-state index contributed by atoms with van der Waals surface area (Å²) in [4.78, 5) is 43.7. The van der Waals surface area contributed by atoms with E-state index >= 15 is 4.79 Å². The van der Waals surface area contributed by atoms with Gasteiger partial charge in [0.2, 0.25) is 0 Å². The van der Waals surface area contributed by atoms with Crippen molar-refractivity contribution in [1.82, 2.24) is 5.32 Å². The van der Waals surface area contributed by atoms with Crippen LogP contribution in [0.3, 0.4) is 0 Å². The molecule has 3 aliphatic carbocycles. The van der Waals surface area contributed by atoms with E-state index in [2.05, 4.69) is 53.0 Å². The first-order chi connectivity index (χ1) is 25.4. The minimum absolute atomic E-state index is 0.0534. The Morgan fingerprint density at radius 2 is 1.56 bits per heavy atom. The van der Waals surface area contributed by atoms with Crippen LogP contribution in [-0.2, 0) is 23.5 Å². The summed E-state index contributed by atoms with van der Waals surface area (Å²) in [5.41, 5.74) is -1.78. The number of rotatable bonds is 8. The molecule has 6 rings (SSSR count). The quantitative estimate of drug-likeness (QED) is 0.142. The van der Waals surface area contributed by atoms with Crippen molar-refractivity contribution in [2.75, 3.05) is 6.61 Å². The van der Waals surface area contributed by atoms with Crippen LogP contribution in [-0.4, -0.2) is 72.8 Å². The van der Waals surface area contributed by atoms with Crippen LogP contribution in [0.25, 0.3) is 0 Å². The number of esters is 1. The summed E-state index contributed by atoms with van der Waals surface area (Å²) in [5, 5.41) is 28.4. The topological polar surface area (TPSA) is 131 Å². The fourth-order valence-corrected chi connectivity index (χ4v) is 11.9. The number of Topliss-reactive ketones (excluding diaryl/α,β-unsaturated/α-hetero) is 1. The minimum atomic E-state index is -2.71. The number of carbonyl (C=O) groups excluding carboxylic acids is 3. The second-order valence-corrected chi connectivity index (χ2v) is 24.3. The van der Waals surface area contributed by atoms with Gasteiger partial charge < -0.3 is 29.4 Å². The van der Waals surface area contributed by atoms with Crippen LogP contribution in [0.5, 0.6) is 0 Å². The third-order valence-corrected chi connectivity index (χ3v) is 19.7. The van der Waals surface area contributed by atoms with Gasteiger partial charge in [-0.1, -0.05) is 111 Å². The molecule has 0 radical (unpaired) electrons. The van der Waals surface area contributed by atoms with Crippen molar-refractivity contribution in [1.29, 1.82) is 0 Å². The molecule has 2 bridgehead atoms. The van der Waals surface area contributed by atoms with Gasteiger partial charge in [-0.15, -0.1) is 0 Å². The second kappa shape index (κ2) is 14.0. The van der Waals surface area contributed by atoms with E-state index in [9.17, 15) is 19.8 Å². The monoisotopic (exact) mass is 773 g/mol. The van der Waals surface area contributed by atoms with Gasteiger partial charge in [-0.25, -0.2) is 4.79 Å². The molecule has 9 nitrogen and oxygen atoms in total. The third-order valence-electron chi connectivity index (χ3n) is 15.2. The molecule has 55 heavy (non-hydrogen) atoms. The van der Waals surface area contributed by atoms with Crippen molar-refractivity contribution >= 4 is 26.0 Å². The summed E-state index contributed by atoms with van der Waals surface area (Å²) in [5.74, 6) is -2.16. The molecule has 10 heteroatoms. The largest absolute Gasteiger partial charge is 0.456 e. The number of carbonyl (C=O) groups is 3. The van der Waals surface area contributed by atoms with Crippen LogP contribution in [0.1, 0.15) is 104 Å². The predicted octanol–water partition coefficient (Wildman–Crippen LogP) is 7.58. The molecule has 3 fully saturated rings. The zero-order valence-electron chi connectivity index (χ0n) is 34.9. The number of benzene rings is 2. The van der Waals surface area contributed by atoms with E-state index in [1.165, 1.54) is 0 Å². The van der Waals surface area contributed by atoms with Crippen LogP contribution in [0.2, 0.25) is 18.1 Å². The third kappa shape index (κ3) is 6.48. The smallest absolute Gasteiger partial charge is 0.337 e. The maximum Gasteiger partial charge on any atom is 0.337 e. The summed E-state index contributed by atoms with van der Waals surface area (Å²) >= 11 is 0. The van der Waals surface area contributed by atoms with Gasteiger partial charge >= 0.3 is 5.97 Å². The van der Waals surface area contributed by atoms with Crippen molar-refractivity contribution in [2.24, 2.45) is 34.0 Å². The zero-order valence-corrected chi connectivity index (χ0v) is 35.9. The number of fused-ring (bicyclic) bond motifs is 5. The molecule has 2 aromatic rings. The SMILES string of the molecule is CC1=C2[C@@H](O)C(=O)[C@@]3(C)[C@H]([C@H](C)[C@](O)(C[C@@H]1OC(=O)[C@H](O[Si](C)(C)C(C)(C)C)[C@@H](NC(=O)c1ccccc1)c1ccccc1)C2(C)C)[C@]1(C)CO[C@@H]1C[C@@H]3C. The number of aliphatic hydroxyl groups excluding tert-OH is 1. The maximum absolute atomic E-state index is 15.0. The van der Waals surface area contributed by atoms with Crippen molar-refractivity contribution in [3.63, 3.8) is 0 Å². The normalized spacial score (nSPS) is 35.6. The molecule has 1 saturated heterocycles. The first-order valence-electron chi connectivity index (χ1n) is 20.0. The summed E-state index contributed by atoms with van der Waals surface area (Å²) in [6.07, 6.45) is -3.04. The van der Waals surface area contributed by atoms with Gasteiger partial charge in [-0.05, 0) is 78.1 Å². The van der Waals surface area contributed by atoms with Gasteiger partial charge in [-0.2, -0.15) is 0 Å². The average Bonchev–Trinajstić information content (AvgIpc) is 3.12. The Hall–Kier alpha value is -3.15. The van der Waals surface area contributed by atoms with Crippen molar-refractivity contribution < 1.29 is 38.5 Å². The van der Waals surface area contributed by atoms with Crippen molar-refractivity contribution in [3.05, 3.63) is 82.9 Å². The fraction of sp³-hybridized carbons (Fsp3) is 0.622. The molecule has 0 spiro atoms. The molecular weight excluding hydrogens is 711 g/mol. The Morgan fingerprint density at radius 3 is 2.11 bits per heavy atom. The molecule has 0 aromatic heterocycles. The van der Waals surface area contributed by atoms with Crippen molar-refractivity contribution in [2.45, 2.75) is 136 Å². The summed E-state index contributed by atoms with van der Waals surface area (Å²) in [6.45, 7) is 24.6. The molecular formula is C45H63NO8Si. The Labute approximate surface area is 328 Å². The highest BCUT2D eigenvalue weighted by atomic mass is 28.4. The second-order valence-electron chi connectivity index (χ2n) is 19.6.